The molecule has 1 atom stereocenters. The van der Waals surface area contributed by atoms with E-state index >= 15 is 0 Å². The van der Waals surface area contributed by atoms with Crippen molar-refractivity contribution in [3.63, 3.8) is 0 Å². The zero-order chi connectivity index (χ0) is 13.1. The molecule has 1 aliphatic rings. The maximum absolute atomic E-state index is 10.6. The van der Waals surface area contributed by atoms with Gasteiger partial charge in [-0.1, -0.05) is 45.0 Å². The van der Waals surface area contributed by atoms with Gasteiger partial charge >= 0.3 is 0 Å². The molecule has 0 saturated carbocycles. The quantitative estimate of drug-likeness (QED) is 0.763. The van der Waals surface area contributed by atoms with Gasteiger partial charge in [-0.15, -0.1) is 0 Å². The summed E-state index contributed by atoms with van der Waals surface area (Å²) in [7, 11) is 0. The third-order valence-corrected chi connectivity index (χ3v) is 3.59. The molecule has 2 aromatic carbocycles. The van der Waals surface area contributed by atoms with Crippen LogP contribution >= 0.6 is 0 Å². The van der Waals surface area contributed by atoms with Crippen molar-refractivity contribution < 1.29 is 9.84 Å². The van der Waals surface area contributed by atoms with Gasteiger partial charge in [-0.25, -0.2) is 0 Å². The topological polar surface area (TPSA) is 29.5 Å². The molecule has 0 unspecified atom stereocenters. The highest BCUT2D eigenvalue weighted by atomic mass is 16.6. The van der Waals surface area contributed by atoms with E-state index in [0.717, 1.165) is 27.6 Å². The maximum atomic E-state index is 10.6. The molecule has 2 nitrogen and oxygen atoms in total. The first-order chi connectivity index (χ1) is 8.31. The van der Waals surface area contributed by atoms with Crippen molar-refractivity contribution in [3.05, 3.63) is 41.5 Å². The summed E-state index contributed by atoms with van der Waals surface area (Å²) in [6.07, 6.45) is 0. The van der Waals surface area contributed by atoms with E-state index in [2.05, 4.69) is 39.0 Å². The van der Waals surface area contributed by atoms with Crippen LogP contribution in [0.5, 0.6) is 5.75 Å². The first kappa shape index (κ1) is 11.5. The summed E-state index contributed by atoms with van der Waals surface area (Å²) in [5, 5.41) is 12.7. The van der Waals surface area contributed by atoms with Crippen molar-refractivity contribution in [2.45, 2.75) is 38.9 Å². The second-order valence-corrected chi connectivity index (χ2v) is 6.18. The fourth-order valence-electron chi connectivity index (χ4n) is 2.80. The third kappa shape index (κ3) is 1.45. The van der Waals surface area contributed by atoms with Crippen molar-refractivity contribution in [1.82, 2.24) is 0 Å². The van der Waals surface area contributed by atoms with Crippen LogP contribution in [0.3, 0.4) is 0 Å². The van der Waals surface area contributed by atoms with Crippen LogP contribution in [0, 0.1) is 0 Å². The van der Waals surface area contributed by atoms with Gasteiger partial charge < -0.3 is 9.84 Å². The summed E-state index contributed by atoms with van der Waals surface area (Å²) in [4.78, 5) is 0. The molecule has 0 amide bonds. The Morgan fingerprint density at radius 2 is 1.83 bits per heavy atom. The molecule has 1 heterocycles. The zero-order valence-corrected chi connectivity index (χ0v) is 11.2. The number of hydrogen-bond acceptors (Lipinski definition) is 2. The molecule has 0 saturated heterocycles. The molecule has 0 bridgehead atoms. The Hall–Kier alpha value is -1.54. The number of rotatable bonds is 0. The van der Waals surface area contributed by atoms with Crippen molar-refractivity contribution in [1.29, 1.82) is 0 Å². The van der Waals surface area contributed by atoms with Gasteiger partial charge in [0.15, 0.2) is 0 Å². The van der Waals surface area contributed by atoms with Gasteiger partial charge in [0.25, 0.3) is 0 Å². The Morgan fingerprint density at radius 1 is 1.11 bits per heavy atom. The van der Waals surface area contributed by atoms with Gasteiger partial charge in [0.05, 0.1) is 0 Å². The average Bonchev–Trinajstić information content (AvgIpc) is 2.51. The normalized spacial score (nSPS) is 22.3. The first-order valence-corrected chi connectivity index (χ1v) is 6.29. The first-order valence-electron chi connectivity index (χ1n) is 6.29. The van der Waals surface area contributed by atoms with Crippen molar-refractivity contribution >= 4 is 10.8 Å². The lowest BCUT2D eigenvalue weighted by atomic mass is 9.80. The fraction of sp³-hybridized carbons (Fsp3) is 0.375. The Kier molecular flexibility index (Phi) is 2.09. The van der Waals surface area contributed by atoms with Gasteiger partial charge in [-0.3, -0.25) is 0 Å². The molecule has 0 aliphatic carbocycles. The molecular weight excluding hydrogens is 224 g/mol. The molecule has 94 valence electrons. The highest BCUT2D eigenvalue weighted by Crippen LogP contribution is 2.47. The summed E-state index contributed by atoms with van der Waals surface area (Å²) in [5.41, 5.74) is 2.04. The van der Waals surface area contributed by atoms with E-state index < -0.39 is 5.79 Å². The Bertz CT molecular complexity index is 633. The molecule has 2 aromatic rings. The highest BCUT2D eigenvalue weighted by Gasteiger charge is 2.39. The predicted octanol–water partition coefficient (Wildman–Crippen LogP) is 3.69. The predicted molar refractivity (Wildman–Crippen MR) is 72.8 cm³/mol. The molecular formula is C16H18O2. The van der Waals surface area contributed by atoms with E-state index in [9.17, 15) is 5.11 Å². The molecule has 0 spiro atoms. The van der Waals surface area contributed by atoms with E-state index in [-0.39, 0.29) is 5.41 Å². The number of hydrogen-bond donors (Lipinski definition) is 1. The van der Waals surface area contributed by atoms with Gasteiger partial charge in [0.2, 0.25) is 5.79 Å². The van der Waals surface area contributed by atoms with Gasteiger partial charge in [-0.05, 0) is 22.4 Å². The lowest BCUT2D eigenvalue weighted by Gasteiger charge is -2.27. The minimum absolute atomic E-state index is 0.0195. The van der Waals surface area contributed by atoms with Crippen LogP contribution in [0.2, 0.25) is 0 Å². The molecule has 0 radical (unpaired) electrons. The minimum Gasteiger partial charge on any atom is -0.458 e. The largest absolute Gasteiger partial charge is 0.458 e. The lowest BCUT2D eigenvalue weighted by molar-refractivity contribution is -0.120. The van der Waals surface area contributed by atoms with Crippen LogP contribution in [0.25, 0.3) is 10.8 Å². The van der Waals surface area contributed by atoms with Crippen molar-refractivity contribution in [3.8, 4) is 5.75 Å². The summed E-state index contributed by atoms with van der Waals surface area (Å²) < 4.78 is 5.70. The molecule has 18 heavy (non-hydrogen) atoms. The van der Waals surface area contributed by atoms with Crippen molar-refractivity contribution in [2.24, 2.45) is 0 Å². The molecule has 2 heteroatoms. The Morgan fingerprint density at radius 3 is 2.50 bits per heavy atom. The molecule has 0 aromatic heterocycles. The van der Waals surface area contributed by atoms with Gasteiger partial charge in [0.1, 0.15) is 5.75 Å². The second-order valence-electron chi connectivity index (χ2n) is 6.18. The standard InChI is InChI=1S/C16H18O2/c1-15(2,3)11-9-8-10-6-5-7-12-13(10)14(11)16(4,17)18-12/h5-9,17H,1-4H3/t16-/m0/s1. The van der Waals surface area contributed by atoms with Crippen LogP contribution in [0.1, 0.15) is 38.8 Å². The molecule has 0 fully saturated rings. The lowest BCUT2D eigenvalue weighted by Crippen LogP contribution is -2.29. The fourth-order valence-corrected chi connectivity index (χ4v) is 2.80. The number of ether oxygens (including phenoxy) is 1. The Labute approximate surface area is 107 Å². The maximum Gasteiger partial charge on any atom is 0.233 e. The highest BCUT2D eigenvalue weighted by molar-refractivity contribution is 5.94. The van der Waals surface area contributed by atoms with Crippen LogP contribution in [-0.4, -0.2) is 5.11 Å². The summed E-state index contributed by atoms with van der Waals surface area (Å²) >= 11 is 0. The van der Waals surface area contributed by atoms with Crippen LogP contribution in [0.4, 0.5) is 0 Å². The second kappa shape index (κ2) is 3.27. The summed E-state index contributed by atoms with van der Waals surface area (Å²) in [6.45, 7) is 8.18. The minimum atomic E-state index is -1.23. The smallest absolute Gasteiger partial charge is 0.233 e. The van der Waals surface area contributed by atoms with Gasteiger partial charge in [-0.2, -0.15) is 0 Å². The summed E-state index contributed by atoms with van der Waals surface area (Å²) in [6, 6.07) is 10.1. The number of aliphatic hydroxyl groups is 1. The number of benzene rings is 2. The van der Waals surface area contributed by atoms with E-state index in [1.165, 1.54) is 0 Å². The summed E-state index contributed by atoms with van der Waals surface area (Å²) in [5.74, 6) is -0.454. The van der Waals surface area contributed by atoms with E-state index in [1.54, 1.807) is 6.92 Å². The SMILES string of the molecule is CC(C)(C)c1ccc2cccc3c2c1[C@@](C)(O)O3. The van der Waals surface area contributed by atoms with Crippen molar-refractivity contribution in [2.75, 3.05) is 0 Å². The molecule has 3 rings (SSSR count). The van der Waals surface area contributed by atoms with Crippen LogP contribution in [-0.2, 0) is 11.2 Å². The average molecular weight is 242 g/mol. The third-order valence-electron chi connectivity index (χ3n) is 3.59. The monoisotopic (exact) mass is 242 g/mol. The molecule has 1 aliphatic heterocycles. The molecule has 1 N–H and O–H groups in total. The zero-order valence-electron chi connectivity index (χ0n) is 11.2. The van der Waals surface area contributed by atoms with E-state index in [1.807, 2.05) is 12.1 Å². The van der Waals surface area contributed by atoms with Crippen LogP contribution in [0.15, 0.2) is 30.3 Å². The van der Waals surface area contributed by atoms with Gasteiger partial charge in [0, 0.05) is 17.9 Å². The van der Waals surface area contributed by atoms with E-state index in [4.69, 9.17) is 4.74 Å². The Balaban J connectivity index is 2.46. The van der Waals surface area contributed by atoms with Crippen LogP contribution < -0.4 is 4.74 Å². The van der Waals surface area contributed by atoms with E-state index in [0.29, 0.717) is 0 Å².